The van der Waals surface area contributed by atoms with Crippen LogP contribution < -0.4 is 0 Å². The third-order valence-corrected chi connectivity index (χ3v) is 3.75. The third kappa shape index (κ3) is 2.74. The number of aliphatic hydroxyl groups excluding tert-OH is 1. The predicted octanol–water partition coefficient (Wildman–Crippen LogP) is 1.87. The van der Waals surface area contributed by atoms with Crippen molar-refractivity contribution in [1.29, 1.82) is 0 Å². The molecule has 0 radical (unpaired) electrons. The number of ether oxygens (including phenoxy) is 1. The van der Waals surface area contributed by atoms with E-state index in [1.807, 2.05) is 0 Å². The van der Waals surface area contributed by atoms with Crippen molar-refractivity contribution in [2.45, 2.75) is 52.9 Å². The Morgan fingerprint density at radius 1 is 1.44 bits per heavy atom. The molecular weight excluding hydrogens is 208 g/mol. The zero-order valence-electron chi connectivity index (χ0n) is 10.4. The molecule has 1 aliphatic carbocycles. The lowest BCUT2D eigenvalue weighted by Gasteiger charge is -2.39. The minimum absolute atomic E-state index is 0.256. The molecule has 2 fully saturated rings. The summed E-state index contributed by atoms with van der Waals surface area (Å²) >= 11 is 0. The first-order chi connectivity index (χ1) is 7.25. The van der Waals surface area contributed by atoms with E-state index < -0.39 is 12.3 Å². The van der Waals surface area contributed by atoms with E-state index in [4.69, 9.17) is 14.6 Å². The Hall–Kier alpha value is -0.610. The molecule has 1 aliphatic heterocycles. The largest absolute Gasteiger partial charge is 0.481 e. The van der Waals surface area contributed by atoms with Crippen LogP contribution in [0.5, 0.6) is 0 Å². The summed E-state index contributed by atoms with van der Waals surface area (Å²) in [5.74, 6) is 0.0417. The summed E-state index contributed by atoms with van der Waals surface area (Å²) < 4.78 is 5.49. The number of aliphatic carboxylic acids is 1. The molecule has 4 heteroatoms. The highest BCUT2D eigenvalue weighted by Crippen LogP contribution is 2.51. The molecule has 0 spiro atoms. The average molecular weight is 230 g/mol. The summed E-state index contributed by atoms with van der Waals surface area (Å²) in [4.78, 5) is 9.00. The van der Waals surface area contributed by atoms with Gasteiger partial charge in [0.25, 0.3) is 5.97 Å². The smallest absolute Gasteiger partial charge is 0.300 e. The maximum atomic E-state index is 9.68. The first-order valence-corrected chi connectivity index (χ1v) is 5.79. The number of aliphatic hydroxyl groups is 1. The van der Waals surface area contributed by atoms with Gasteiger partial charge in [0.05, 0.1) is 6.10 Å². The highest BCUT2D eigenvalue weighted by Gasteiger charge is 2.52. The second-order valence-corrected chi connectivity index (χ2v) is 5.50. The van der Waals surface area contributed by atoms with Crippen molar-refractivity contribution < 1.29 is 19.7 Å². The summed E-state index contributed by atoms with van der Waals surface area (Å²) in [5.41, 5.74) is 0.256. The van der Waals surface area contributed by atoms with Gasteiger partial charge in [0.15, 0.2) is 6.29 Å². The van der Waals surface area contributed by atoms with Crippen molar-refractivity contribution in [2.24, 2.45) is 17.3 Å². The van der Waals surface area contributed by atoms with E-state index in [2.05, 4.69) is 20.8 Å². The molecule has 1 saturated carbocycles. The zero-order valence-corrected chi connectivity index (χ0v) is 10.4. The maximum Gasteiger partial charge on any atom is 0.300 e. The Kier molecular flexibility index (Phi) is 3.97. The van der Waals surface area contributed by atoms with Gasteiger partial charge in [0, 0.05) is 12.8 Å². The quantitative estimate of drug-likeness (QED) is 0.666. The summed E-state index contributed by atoms with van der Waals surface area (Å²) in [5, 5.41) is 17.1. The van der Waals surface area contributed by atoms with Crippen molar-refractivity contribution in [3.05, 3.63) is 0 Å². The average Bonchev–Trinajstić information content (AvgIpc) is 2.29. The molecule has 0 aromatic carbocycles. The highest BCUT2D eigenvalue weighted by molar-refractivity contribution is 5.62. The molecule has 0 aromatic heterocycles. The van der Waals surface area contributed by atoms with Gasteiger partial charge in [-0.1, -0.05) is 20.8 Å². The predicted molar refractivity (Wildman–Crippen MR) is 59.9 cm³/mol. The summed E-state index contributed by atoms with van der Waals surface area (Å²) in [6, 6.07) is 0. The maximum absolute atomic E-state index is 9.68. The molecule has 94 valence electrons. The fourth-order valence-corrected chi connectivity index (χ4v) is 2.99. The van der Waals surface area contributed by atoms with Gasteiger partial charge in [-0.2, -0.15) is 0 Å². The third-order valence-electron chi connectivity index (χ3n) is 3.75. The molecule has 2 N–H and O–H groups in total. The number of hydrogen-bond donors (Lipinski definition) is 2. The monoisotopic (exact) mass is 230 g/mol. The molecule has 0 aromatic rings. The fraction of sp³-hybridized carbons (Fsp3) is 0.917. The number of carboxylic acid groups (broad SMARTS) is 1. The SMILES string of the molecule is CC(=O)O.CC1C2CCC(C)(C)C1C(O)O2. The van der Waals surface area contributed by atoms with Crippen LogP contribution >= 0.6 is 0 Å². The minimum Gasteiger partial charge on any atom is -0.481 e. The van der Waals surface area contributed by atoms with Crippen LogP contribution in [-0.4, -0.2) is 28.6 Å². The Balaban J connectivity index is 0.000000280. The van der Waals surface area contributed by atoms with Gasteiger partial charge in [0.1, 0.15) is 0 Å². The number of carbonyl (C=O) groups is 1. The molecule has 4 nitrogen and oxygen atoms in total. The minimum atomic E-state index is -0.833. The zero-order chi connectivity index (χ0) is 12.5. The van der Waals surface area contributed by atoms with Crippen molar-refractivity contribution >= 4 is 5.97 Å². The Morgan fingerprint density at radius 2 is 1.94 bits per heavy atom. The molecule has 1 heterocycles. The molecule has 4 unspecified atom stereocenters. The normalized spacial score (nSPS) is 39.8. The first-order valence-electron chi connectivity index (χ1n) is 5.79. The van der Waals surface area contributed by atoms with Gasteiger partial charge in [-0.25, -0.2) is 0 Å². The molecule has 2 bridgehead atoms. The van der Waals surface area contributed by atoms with Crippen LogP contribution in [0.25, 0.3) is 0 Å². The van der Waals surface area contributed by atoms with Crippen LogP contribution in [0.4, 0.5) is 0 Å². The lowest BCUT2D eigenvalue weighted by Crippen LogP contribution is -2.38. The Bertz CT molecular complexity index is 258. The van der Waals surface area contributed by atoms with Gasteiger partial charge in [0.2, 0.25) is 0 Å². The summed E-state index contributed by atoms with van der Waals surface area (Å²) in [7, 11) is 0. The Labute approximate surface area is 96.6 Å². The van der Waals surface area contributed by atoms with Gasteiger partial charge in [-0.15, -0.1) is 0 Å². The molecule has 1 saturated heterocycles. The van der Waals surface area contributed by atoms with E-state index in [9.17, 15) is 5.11 Å². The molecule has 2 aliphatic rings. The lowest BCUT2D eigenvalue weighted by atomic mass is 9.64. The van der Waals surface area contributed by atoms with Crippen LogP contribution in [-0.2, 0) is 9.53 Å². The van der Waals surface area contributed by atoms with Gasteiger partial charge in [-0.3, -0.25) is 4.79 Å². The van der Waals surface area contributed by atoms with Crippen LogP contribution in [0.15, 0.2) is 0 Å². The van der Waals surface area contributed by atoms with Crippen molar-refractivity contribution in [2.75, 3.05) is 0 Å². The molecule has 4 atom stereocenters. The second-order valence-electron chi connectivity index (χ2n) is 5.50. The number of carboxylic acids is 1. The standard InChI is InChI=1S/C10H18O2.C2H4O2/c1-6-7-4-5-10(2,3)8(6)9(11)12-7;1-2(3)4/h6-9,11H,4-5H2,1-3H3;1H3,(H,3,4). The van der Waals surface area contributed by atoms with E-state index in [-0.39, 0.29) is 5.41 Å². The number of hydrogen-bond acceptors (Lipinski definition) is 3. The molecule has 0 amide bonds. The van der Waals surface area contributed by atoms with Crippen LogP contribution in [0.3, 0.4) is 0 Å². The topological polar surface area (TPSA) is 66.8 Å². The first kappa shape index (κ1) is 13.5. The van der Waals surface area contributed by atoms with Crippen LogP contribution in [0, 0.1) is 17.3 Å². The van der Waals surface area contributed by atoms with E-state index in [1.54, 1.807) is 0 Å². The van der Waals surface area contributed by atoms with E-state index in [0.29, 0.717) is 17.9 Å². The van der Waals surface area contributed by atoms with Gasteiger partial charge in [-0.05, 0) is 24.2 Å². The van der Waals surface area contributed by atoms with E-state index in [0.717, 1.165) is 13.3 Å². The van der Waals surface area contributed by atoms with Crippen molar-refractivity contribution in [3.63, 3.8) is 0 Å². The fourth-order valence-electron chi connectivity index (χ4n) is 2.99. The number of fused-ring (bicyclic) bond motifs is 2. The summed E-state index contributed by atoms with van der Waals surface area (Å²) in [6.45, 7) is 7.76. The van der Waals surface area contributed by atoms with Crippen LogP contribution in [0.2, 0.25) is 0 Å². The second kappa shape index (κ2) is 4.72. The van der Waals surface area contributed by atoms with Gasteiger partial charge < -0.3 is 14.9 Å². The van der Waals surface area contributed by atoms with Crippen LogP contribution in [0.1, 0.15) is 40.5 Å². The summed E-state index contributed by atoms with van der Waals surface area (Å²) in [6.07, 6.45) is 2.10. The van der Waals surface area contributed by atoms with Gasteiger partial charge >= 0.3 is 0 Å². The molecule has 16 heavy (non-hydrogen) atoms. The Morgan fingerprint density at radius 3 is 2.38 bits per heavy atom. The van der Waals surface area contributed by atoms with E-state index in [1.165, 1.54) is 6.42 Å². The lowest BCUT2D eigenvalue weighted by molar-refractivity contribution is -0.134. The van der Waals surface area contributed by atoms with Crippen molar-refractivity contribution in [3.8, 4) is 0 Å². The van der Waals surface area contributed by atoms with E-state index >= 15 is 0 Å². The molecular formula is C12H22O4. The highest BCUT2D eigenvalue weighted by atomic mass is 16.6. The number of rotatable bonds is 0. The van der Waals surface area contributed by atoms with Crippen molar-refractivity contribution in [1.82, 2.24) is 0 Å². The molecule has 2 rings (SSSR count).